The van der Waals surface area contributed by atoms with Gasteiger partial charge in [-0.2, -0.15) is 0 Å². The van der Waals surface area contributed by atoms with Gasteiger partial charge < -0.3 is 9.80 Å². The lowest BCUT2D eigenvalue weighted by Crippen LogP contribution is -2.16. The molecule has 98 heavy (non-hydrogen) atoms. The highest BCUT2D eigenvalue weighted by atomic mass is 32.1. The van der Waals surface area contributed by atoms with E-state index in [1.807, 2.05) is 22.7 Å². The van der Waals surface area contributed by atoms with E-state index in [9.17, 15) is 0 Å². The van der Waals surface area contributed by atoms with Crippen molar-refractivity contribution < 1.29 is 0 Å². The van der Waals surface area contributed by atoms with Crippen LogP contribution in [0.25, 0.3) is 118 Å². The SMILES string of the molecule is Cc1cc(-c2ccc(N(c3ccc(-c4cccc5c4sc4ccccc45)cc3)c3c(C)cccc3-c3ccc4c(c3)C(C)(C)c3ccccc3-4)c(C)c2)ccc1N(c1ccc(-c2cccc3c2sc2ccccc23)cc1)c1c(C)cccc1-c1ccc2c(c1)C(C)(C)c1ccccc1-2. The van der Waals surface area contributed by atoms with Gasteiger partial charge in [0.2, 0.25) is 0 Å². The quantitative estimate of drug-likeness (QED) is 0.127. The second-order valence-corrected chi connectivity index (χ2v) is 30.2. The second-order valence-electron chi connectivity index (χ2n) is 28.1. The van der Waals surface area contributed by atoms with Gasteiger partial charge in [0.05, 0.1) is 11.4 Å². The number of anilines is 6. The molecule has 0 radical (unpaired) electrons. The number of rotatable bonds is 11. The number of nitrogens with zero attached hydrogens (tertiary/aromatic N) is 2. The Kier molecular flexibility index (Phi) is 13.9. The van der Waals surface area contributed by atoms with Crippen molar-refractivity contribution in [2.45, 2.75) is 66.2 Å². The number of para-hydroxylation sites is 2. The molecular weight excluding hydrogens is 1220 g/mol. The third-order valence-corrected chi connectivity index (χ3v) is 24.0. The maximum absolute atomic E-state index is 2.53. The minimum absolute atomic E-state index is 0.139. The van der Waals surface area contributed by atoms with Gasteiger partial charge in [-0.1, -0.05) is 246 Å². The molecule has 2 heterocycles. The Balaban J connectivity index is 0.757. The van der Waals surface area contributed by atoms with Crippen molar-refractivity contribution >= 4 is 97.1 Å². The largest absolute Gasteiger partial charge is 0.309 e. The van der Waals surface area contributed by atoms with Gasteiger partial charge in [0, 0.05) is 85.1 Å². The first-order valence-corrected chi connectivity index (χ1v) is 35.9. The molecule has 0 saturated heterocycles. The molecule has 4 heteroatoms. The second kappa shape index (κ2) is 22.9. The first-order chi connectivity index (χ1) is 47.8. The molecule has 2 aliphatic rings. The van der Waals surface area contributed by atoms with Crippen LogP contribution in [-0.4, -0.2) is 0 Å². The van der Waals surface area contributed by atoms with Gasteiger partial charge in [-0.3, -0.25) is 0 Å². The maximum atomic E-state index is 2.53. The van der Waals surface area contributed by atoms with Crippen molar-refractivity contribution in [3.05, 3.63) is 336 Å². The summed E-state index contributed by atoms with van der Waals surface area (Å²) in [6.45, 7) is 18.7. The van der Waals surface area contributed by atoms with E-state index in [2.05, 4.69) is 356 Å². The highest BCUT2D eigenvalue weighted by molar-refractivity contribution is 7.26. The van der Waals surface area contributed by atoms with Gasteiger partial charge in [-0.15, -0.1) is 22.7 Å². The number of thiophene rings is 2. The molecule has 0 fully saturated rings. The average molecular weight is 1290 g/mol. The fourth-order valence-electron chi connectivity index (χ4n) is 16.6. The molecule has 0 spiro atoms. The predicted octanol–water partition coefficient (Wildman–Crippen LogP) is 27.5. The molecular formula is C94H72N2S2. The molecule has 2 aromatic heterocycles. The zero-order valence-electron chi connectivity index (χ0n) is 56.4. The zero-order valence-corrected chi connectivity index (χ0v) is 58.1. The van der Waals surface area contributed by atoms with Gasteiger partial charge in [0.15, 0.2) is 0 Å². The summed E-state index contributed by atoms with van der Waals surface area (Å²) in [4.78, 5) is 5.06. The molecule has 16 aromatic rings. The summed E-state index contributed by atoms with van der Waals surface area (Å²) in [7, 11) is 0. The normalized spacial score (nSPS) is 13.3. The van der Waals surface area contributed by atoms with E-state index in [1.54, 1.807) is 0 Å². The fraction of sp³-hybridized carbons (Fsp3) is 0.106. The number of benzene rings is 14. The van der Waals surface area contributed by atoms with Crippen molar-refractivity contribution in [1.29, 1.82) is 0 Å². The van der Waals surface area contributed by atoms with E-state index in [4.69, 9.17) is 0 Å². The lowest BCUT2D eigenvalue weighted by Gasteiger charge is -2.32. The topological polar surface area (TPSA) is 6.48 Å². The molecule has 18 rings (SSSR count). The van der Waals surface area contributed by atoms with Crippen LogP contribution in [0.2, 0.25) is 0 Å². The molecule has 0 unspecified atom stereocenters. The third kappa shape index (κ3) is 9.40. The Bertz CT molecular complexity index is 5570. The van der Waals surface area contributed by atoms with Crippen molar-refractivity contribution in [1.82, 2.24) is 0 Å². The summed E-state index contributed by atoms with van der Waals surface area (Å²) in [5.74, 6) is 0. The highest BCUT2D eigenvalue weighted by Gasteiger charge is 2.37. The highest BCUT2D eigenvalue weighted by Crippen LogP contribution is 2.55. The predicted molar refractivity (Wildman–Crippen MR) is 423 cm³/mol. The molecule has 2 nitrogen and oxygen atoms in total. The van der Waals surface area contributed by atoms with Crippen LogP contribution in [0.4, 0.5) is 34.1 Å². The smallest absolute Gasteiger partial charge is 0.0569 e. The van der Waals surface area contributed by atoms with Gasteiger partial charge in [0.1, 0.15) is 0 Å². The molecule has 0 saturated carbocycles. The Morgan fingerprint density at radius 3 is 1.01 bits per heavy atom. The van der Waals surface area contributed by atoms with Crippen molar-refractivity contribution in [3.63, 3.8) is 0 Å². The maximum Gasteiger partial charge on any atom is 0.0569 e. The van der Waals surface area contributed by atoms with Crippen LogP contribution >= 0.6 is 22.7 Å². The van der Waals surface area contributed by atoms with Gasteiger partial charge in [-0.05, 0) is 212 Å². The Morgan fingerprint density at radius 1 is 0.245 bits per heavy atom. The average Bonchev–Trinajstić information content (AvgIpc) is 1.54. The molecule has 0 bridgehead atoms. The minimum atomic E-state index is -0.139. The number of hydrogen-bond acceptors (Lipinski definition) is 4. The van der Waals surface area contributed by atoms with Crippen molar-refractivity contribution in [2.75, 3.05) is 9.80 Å². The molecule has 0 atom stereocenters. The Labute approximate surface area is 582 Å². The van der Waals surface area contributed by atoms with E-state index < -0.39 is 0 Å². The van der Waals surface area contributed by atoms with E-state index in [0.717, 1.165) is 22.7 Å². The standard InChI is InChI=1S/C94H72N2S2/c1-57-21-17-27-69(65-41-49-75-73-23-9-13-33-81(73)93(5,6)83(75)55-65)89(57)95(67-45-37-61(38-46-67)71-29-19-31-79-77-25-11-15-35-87(77)97-91(71)79)85-51-43-63(53-59(85)3)64-44-52-86(60(4)54-64)96(68-47-39-62(40-48-68)72-30-20-32-80-78-26-12-16-36-88(78)98-92(72)80)90-58(2)22-18-28-70(90)66-42-50-76-74-24-10-14-34-82(74)94(7,8)84(76)56-66/h9-56H,1-8H3. The lowest BCUT2D eigenvalue weighted by molar-refractivity contribution is 0.660. The lowest BCUT2D eigenvalue weighted by atomic mass is 9.81. The first-order valence-electron chi connectivity index (χ1n) is 34.3. The third-order valence-electron chi connectivity index (χ3n) is 21.6. The van der Waals surface area contributed by atoms with Crippen LogP contribution in [0.3, 0.4) is 0 Å². The molecule has 0 aliphatic heterocycles. The van der Waals surface area contributed by atoms with Crippen LogP contribution in [0, 0.1) is 27.7 Å². The minimum Gasteiger partial charge on any atom is -0.309 e. The molecule has 2 aliphatic carbocycles. The summed E-state index contributed by atoms with van der Waals surface area (Å²) in [5, 5.41) is 5.24. The van der Waals surface area contributed by atoms with Crippen LogP contribution < -0.4 is 9.80 Å². The summed E-state index contributed by atoms with van der Waals surface area (Å²) in [6, 6.07) is 110. The van der Waals surface area contributed by atoms with Crippen LogP contribution in [-0.2, 0) is 10.8 Å². The summed E-state index contributed by atoms with van der Waals surface area (Å²) in [6.07, 6.45) is 0. The van der Waals surface area contributed by atoms with Crippen LogP contribution in [0.1, 0.15) is 72.2 Å². The van der Waals surface area contributed by atoms with E-state index in [-0.39, 0.29) is 10.8 Å². The van der Waals surface area contributed by atoms with Crippen LogP contribution in [0.15, 0.2) is 291 Å². The van der Waals surface area contributed by atoms with Crippen molar-refractivity contribution in [2.24, 2.45) is 0 Å². The van der Waals surface area contributed by atoms with E-state index in [1.165, 1.54) is 174 Å². The zero-order chi connectivity index (χ0) is 66.3. The summed E-state index contributed by atoms with van der Waals surface area (Å²) < 4.78 is 5.27. The number of fused-ring (bicyclic) bond motifs is 12. The van der Waals surface area contributed by atoms with Crippen molar-refractivity contribution in [3.8, 4) is 77.9 Å². The molecule has 0 N–H and O–H groups in total. The Morgan fingerprint density at radius 2 is 0.582 bits per heavy atom. The monoisotopic (exact) mass is 1290 g/mol. The van der Waals surface area contributed by atoms with Crippen LogP contribution in [0.5, 0.6) is 0 Å². The Hall–Kier alpha value is -10.9. The number of aryl methyl sites for hydroxylation is 4. The van der Waals surface area contributed by atoms with Gasteiger partial charge in [-0.25, -0.2) is 0 Å². The summed E-state index contributed by atoms with van der Waals surface area (Å²) >= 11 is 3.77. The molecule has 14 aromatic carbocycles. The van der Waals surface area contributed by atoms with E-state index in [0.29, 0.717) is 0 Å². The number of hydrogen-bond donors (Lipinski definition) is 0. The fourth-order valence-corrected chi connectivity index (χ4v) is 19.1. The van der Waals surface area contributed by atoms with Gasteiger partial charge in [0.25, 0.3) is 0 Å². The van der Waals surface area contributed by atoms with E-state index >= 15 is 0 Å². The molecule has 470 valence electrons. The first kappa shape index (κ1) is 59.6. The summed E-state index contributed by atoms with van der Waals surface area (Å²) in [5.41, 5.74) is 34.2. The van der Waals surface area contributed by atoms with Gasteiger partial charge >= 0.3 is 0 Å². The molecule has 0 amide bonds.